The first-order valence-corrected chi connectivity index (χ1v) is 7.94. The predicted octanol–water partition coefficient (Wildman–Crippen LogP) is 2.66. The van der Waals surface area contributed by atoms with Gasteiger partial charge in [-0.2, -0.15) is 0 Å². The highest BCUT2D eigenvalue weighted by molar-refractivity contribution is 5.04. The van der Waals surface area contributed by atoms with Crippen molar-refractivity contribution in [2.75, 3.05) is 13.1 Å². The maximum absolute atomic E-state index is 5.93. The highest BCUT2D eigenvalue weighted by Crippen LogP contribution is 2.41. The topological polar surface area (TPSA) is 41.3 Å². The average molecular weight is 253 g/mol. The van der Waals surface area contributed by atoms with Crippen molar-refractivity contribution in [3.8, 4) is 0 Å². The molecule has 2 unspecified atom stereocenters. The van der Waals surface area contributed by atoms with Crippen LogP contribution >= 0.6 is 0 Å². The van der Waals surface area contributed by atoms with E-state index in [4.69, 9.17) is 5.84 Å². The largest absolute Gasteiger partial charge is 0.296 e. The number of hydrazine groups is 1. The van der Waals surface area contributed by atoms with Crippen LogP contribution in [0.25, 0.3) is 0 Å². The van der Waals surface area contributed by atoms with E-state index < -0.39 is 0 Å². The minimum Gasteiger partial charge on any atom is -0.296 e. The van der Waals surface area contributed by atoms with E-state index in [1.54, 1.807) is 0 Å². The van der Waals surface area contributed by atoms with Crippen molar-refractivity contribution >= 4 is 0 Å². The summed E-state index contributed by atoms with van der Waals surface area (Å²) in [5, 5.41) is 0. The molecule has 2 fully saturated rings. The second-order valence-corrected chi connectivity index (χ2v) is 6.47. The first-order valence-electron chi connectivity index (χ1n) is 7.94. The van der Waals surface area contributed by atoms with E-state index in [2.05, 4.69) is 24.2 Å². The molecule has 1 saturated carbocycles. The van der Waals surface area contributed by atoms with Crippen molar-refractivity contribution < 1.29 is 0 Å². The van der Waals surface area contributed by atoms with Crippen LogP contribution in [0.2, 0.25) is 0 Å². The lowest BCUT2D eigenvalue weighted by atomic mass is 9.81. The summed E-state index contributed by atoms with van der Waals surface area (Å²) in [5.74, 6) is 6.70. The normalized spacial score (nSPS) is 27.5. The first-order chi connectivity index (χ1) is 8.73. The SMILES string of the molecule is CCC(C)CC(NN)C1(N2CCCC2)CCCC1. The zero-order valence-corrected chi connectivity index (χ0v) is 12.3. The summed E-state index contributed by atoms with van der Waals surface area (Å²) in [6, 6.07) is 0.480. The minimum atomic E-state index is 0.370. The molecule has 0 amide bonds. The lowest BCUT2D eigenvalue weighted by Crippen LogP contribution is -2.61. The standard InChI is InChI=1S/C15H31N3/c1-3-13(2)12-14(17-16)15(8-4-5-9-15)18-10-6-7-11-18/h13-14,17H,3-12,16H2,1-2H3. The summed E-state index contributed by atoms with van der Waals surface area (Å²) in [6.07, 6.45) is 10.7. The third-order valence-electron chi connectivity index (χ3n) is 5.39. The Bertz CT molecular complexity index is 242. The van der Waals surface area contributed by atoms with E-state index in [-0.39, 0.29) is 0 Å². The van der Waals surface area contributed by atoms with E-state index in [0.717, 1.165) is 5.92 Å². The molecule has 1 heterocycles. The van der Waals surface area contributed by atoms with Crippen LogP contribution in [-0.2, 0) is 0 Å². The van der Waals surface area contributed by atoms with E-state index in [9.17, 15) is 0 Å². The van der Waals surface area contributed by atoms with Crippen LogP contribution in [0.15, 0.2) is 0 Å². The van der Waals surface area contributed by atoms with Crippen LogP contribution in [0.3, 0.4) is 0 Å². The Morgan fingerprint density at radius 1 is 1.17 bits per heavy atom. The fourth-order valence-electron chi connectivity index (χ4n) is 4.05. The van der Waals surface area contributed by atoms with Crippen LogP contribution in [0, 0.1) is 5.92 Å². The predicted molar refractivity (Wildman–Crippen MR) is 77.2 cm³/mol. The maximum Gasteiger partial charge on any atom is 0.0397 e. The average Bonchev–Trinajstić information content (AvgIpc) is 3.05. The minimum absolute atomic E-state index is 0.370. The Kier molecular flexibility index (Phi) is 5.05. The molecule has 3 heteroatoms. The zero-order valence-electron chi connectivity index (χ0n) is 12.3. The Morgan fingerprint density at radius 3 is 2.28 bits per heavy atom. The van der Waals surface area contributed by atoms with Crippen molar-refractivity contribution in [3.05, 3.63) is 0 Å². The van der Waals surface area contributed by atoms with E-state index in [0.29, 0.717) is 11.6 Å². The van der Waals surface area contributed by atoms with Gasteiger partial charge in [0.05, 0.1) is 0 Å². The van der Waals surface area contributed by atoms with Gasteiger partial charge in [0.1, 0.15) is 0 Å². The number of nitrogens with one attached hydrogen (secondary N) is 1. The monoisotopic (exact) mass is 253 g/mol. The van der Waals surface area contributed by atoms with Gasteiger partial charge in [0.15, 0.2) is 0 Å². The number of nitrogens with zero attached hydrogens (tertiary/aromatic N) is 1. The third-order valence-corrected chi connectivity index (χ3v) is 5.39. The van der Waals surface area contributed by atoms with Crippen molar-refractivity contribution in [1.82, 2.24) is 10.3 Å². The molecule has 0 spiro atoms. The molecule has 2 aliphatic rings. The highest BCUT2D eigenvalue weighted by Gasteiger charge is 2.46. The van der Waals surface area contributed by atoms with Gasteiger partial charge in [-0.3, -0.25) is 16.2 Å². The molecule has 1 aliphatic carbocycles. The quantitative estimate of drug-likeness (QED) is 0.565. The molecule has 106 valence electrons. The fraction of sp³-hybridized carbons (Fsp3) is 1.00. The molecule has 0 aromatic carbocycles. The van der Waals surface area contributed by atoms with Gasteiger partial charge in [-0.15, -0.1) is 0 Å². The number of nitrogens with two attached hydrogens (primary N) is 1. The molecule has 0 bridgehead atoms. The molecule has 0 radical (unpaired) electrons. The lowest BCUT2D eigenvalue weighted by molar-refractivity contribution is 0.0663. The van der Waals surface area contributed by atoms with Gasteiger partial charge in [0, 0.05) is 11.6 Å². The highest BCUT2D eigenvalue weighted by atomic mass is 15.3. The second kappa shape index (κ2) is 6.36. The molecule has 18 heavy (non-hydrogen) atoms. The Morgan fingerprint density at radius 2 is 1.78 bits per heavy atom. The van der Waals surface area contributed by atoms with Gasteiger partial charge in [0.2, 0.25) is 0 Å². The summed E-state index contributed by atoms with van der Waals surface area (Å²) < 4.78 is 0. The number of hydrogen-bond acceptors (Lipinski definition) is 3. The van der Waals surface area contributed by atoms with E-state index in [1.807, 2.05) is 0 Å². The number of hydrogen-bond donors (Lipinski definition) is 2. The van der Waals surface area contributed by atoms with E-state index >= 15 is 0 Å². The molecular weight excluding hydrogens is 222 g/mol. The van der Waals surface area contributed by atoms with Gasteiger partial charge in [-0.1, -0.05) is 33.1 Å². The summed E-state index contributed by atoms with van der Waals surface area (Å²) in [5.41, 5.74) is 3.56. The third kappa shape index (κ3) is 2.73. The summed E-state index contributed by atoms with van der Waals surface area (Å²) in [6.45, 7) is 7.23. The first kappa shape index (κ1) is 14.3. The Balaban J connectivity index is 2.10. The van der Waals surface area contributed by atoms with Gasteiger partial charge < -0.3 is 0 Å². The molecule has 3 N–H and O–H groups in total. The van der Waals surface area contributed by atoms with Crippen LogP contribution in [0.4, 0.5) is 0 Å². The van der Waals surface area contributed by atoms with Crippen molar-refractivity contribution in [3.63, 3.8) is 0 Å². The van der Waals surface area contributed by atoms with Crippen molar-refractivity contribution in [2.45, 2.75) is 76.8 Å². The fourth-order valence-corrected chi connectivity index (χ4v) is 4.05. The summed E-state index contributed by atoms with van der Waals surface area (Å²) in [4.78, 5) is 2.76. The van der Waals surface area contributed by atoms with Crippen LogP contribution < -0.4 is 11.3 Å². The molecule has 3 nitrogen and oxygen atoms in total. The number of rotatable bonds is 6. The van der Waals surface area contributed by atoms with Crippen molar-refractivity contribution in [2.24, 2.45) is 11.8 Å². The van der Waals surface area contributed by atoms with Crippen LogP contribution in [0.5, 0.6) is 0 Å². The molecule has 1 aliphatic heterocycles. The lowest BCUT2D eigenvalue weighted by Gasteiger charge is -2.45. The molecule has 1 saturated heterocycles. The van der Waals surface area contributed by atoms with Gasteiger partial charge in [0.25, 0.3) is 0 Å². The summed E-state index contributed by atoms with van der Waals surface area (Å²) >= 11 is 0. The van der Waals surface area contributed by atoms with Gasteiger partial charge in [-0.05, 0) is 51.1 Å². The maximum atomic E-state index is 5.93. The Hall–Kier alpha value is -0.120. The Labute approximate surface area is 112 Å². The zero-order chi connectivity index (χ0) is 13.0. The second-order valence-electron chi connectivity index (χ2n) is 6.47. The van der Waals surface area contributed by atoms with Gasteiger partial charge in [-0.25, -0.2) is 0 Å². The smallest absolute Gasteiger partial charge is 0.0397 e. The summed E-state index contributed by atoms with van der Waals surface area (Å²) in [7, 11) is 0. The number of likely N-dealkylation sites (tertiary alicyclic amines) is 1. The van der Waals surface area contributed by atoms with Crippen LogP contribution in [0.1, 0.15) is 65.2 Å². The van der Waals surface area contributed by atoms with Gasteiger partial charge >= 0.3 is 0 Å². The van der Waals surface area contributed by atoms with Crippen molar-refractivity contribution in [1.29, 1.82) is 0 Å². The van der Waals surface area contributed by atoms with E-state index in [1.165, 1.54) is 64.5 Å². The molecule has 2 atom stereocenters. The molecule has 0 aromatic rings. The molecule has 2 rings (SSSR count). The molecular formula is C15H31N3. The van der Waals surface area contributed by atoms with Crippen LogP contribution in [-0.4, -0.2) is 29.6 Å². The molecule has 0 aromatic heterocycles.